The topological polar surface area (TPSA) is 90.6 Å². The van der Waals surface area contributed by atoms with Crippen molar-refractivity contribution in [3.63, 3.8) is 0 Å². The summed E-state index contributed by atoms with van der Waals surface area (Å²) in [7, 11) is 0. The Morgan fingerprint density at radius 1 is 1.15 bits per heavy atom. The number of ketones is 1. The number of ether oxygens (including phenoxy) is 1. The number of anilines is 1. The maximum absolute atomic E-state index is 11.9. The van der Waals surface area contributed by atoms with E-state index >= 15 is 0 Å². The number of nitrogens with zero attached hydrogens (tertiary/aromatic N) is 2. The molecular weight excluding hydrogens is 344 g/mol. The summed E-state index contributed by atoms with van der Waals surface area (Å²) in [5.41, 5.74) is 5.87. The van der Waals surface area contributed by atoms with E-state index in [1.54, 1.807) is 6.92 Å². The van der Waals surface area contributed by atoms with Crippen LogP contribution in [0.25, 0.3) is 22.3 Å². The van der Waals surface area contributed by atoms with E-state index in [4.69, 9.17) is 4.74 Å². The third-order valence-corrected chi connectivity index (χ3v) is 5.26. The standard InChI is InChI=1S/C20H22N4O3/c1-11-17(13(3)25)12(2)21-18(11)20-19(23-26)15-10-14(4-5-16(15)22-20)24-6-8-27-9-7-24/h4-5,10,21-22H,6-9H2,1-3H3. The van der Waals surface area contributed by atoms with Crippen LogP contribution in [0, 0.1) is 18.8 Å². The number of Topliss-reactive ketones (excluding diaryl/α,β-unsaturated/α-hetero) is 1. The van der Waals surface area contributed by atoms with Gasteiger partial charge in [0, 0.05) is 40.9 Å². The van der Waals surface area contributed by atoms with Gasteiger partial charge in [0.05, 0.1) is 24.6 Å². The first kappa shape index (κ1) is 17.5. The predicted molar refractivity (Wildman–Crippen MR) is 106 cm³/mol. The number of carbonyl (C=O) groups is 1. The summed E-state index contributed by atoms with van der Waals surface area (Å²) >= 11 is 0. The SMILES string of the molecule is CC(=O)c1c(C)[nH]c(-c2[nH]c3ccc(N4CCOCC4)cc3c2N=O)c1C. The number of hydrogen-bond acceptors (Lipinski definition) is 5. The van der Waals surface area contributed by atoms with Gasteiger partial charge in [-0.1, -0.05) is 0 Å². The maximum atomic E-state index is 11.9. The number of H-pyrrole nitrogens is 2. The lowest BCUT2D eigenvalue weighted by atomic mass is 10.1. The van der Waals surface area contributed by atoms with Gasteiger partial charge in [-0.25, -0.2) is 0 Å². The van der Waals surface area contributed by atoms with Crippen molar-refractivity contribution in [3.8, 4) is 11.4 Å². The molecule has 0 aliphatic carbocycles. The first-order valence-electron chi connectivity index (χ1n) is 9.03. The molecule has 0 unspecified atom stereocenters. The van der Waals surface area contributed by atoms with Gasteiger partial charge in [-0.15, -0.1) is 4.91 Å². The number of hydrogen-bond donors (Lipinski definition) is 2. The molecule has 3 heterocycles. The molecule has 2 aromatic heterocycles. The smallest absolute Gasteiger partial charge is 0.161 e. The Kier molecular flexibility index (Phi) is 4.31. The average molecular weight is 366 g/mol. The Balaban J connectivity index is 1.86. The molecule has 1 fully saturated rings. The molecule has 0 saturated carbocycles. The molecule has 2 N–H and O–H groups in total. The lowest BCUT2D eigenvalue weighted by Gasteiger charge is -2.28. The van der Waals surface area contributed by atoms with Crippen LogP contribution >= 0.6 is 0 Å². The van der Waals surface area contributed by atoms with E-state index in [0.717, 1.165) is 46.6 Å². The van der Waals surface area contributed by atoms with Crippen LogP contribution < -0.4 is 4.90 Å². The highest BCUT2D eigenvalue weighted by Gasteiger charge is 2.22. The number of fused-ring (bicyclic) bond motifs is 1. The average Bonchev–Trinajstić information content (AvgIpc) is 3.18. The summed E-state index contributed by atoms with van der Waals surface area (Å²) in [6, 6.07) is 6.00. The third kappa shape index (κ3) is 2.84. The monoisotopic (exact) mass is 366 g/mol. The van der Waals surface area contributed by atoms with Gasteiger partial charge in [0.15, 0.2) is 5.78 Å². The second-order valence-corrected chi connectivity index (χ2v) is 6.95. The van der Waals surface area contributed by atoms with E-state index < -0.39 is 0 Å². The number of nitroso groups, excluding NO2 is 1. The van der Waals surface area contributed by atoms with Crippen LogP contribution in [0.5, 0.6) is 0 Å². The van der Waals surface area contributed by atoms with Crippen molar-refractivity contribution in [2.24, 2.45) is 5.18 Å². The highest BCUT2D eigenvalue weighted by atomic mass is 16.5. The van der Waals surface area contributed by atoms with E-state index in [9.17, 15) is 9.70 Å². The van der Waals surface area contributed by atoms with Crippen LogP contribution in [0.4, 0.5) is 11.4 Å². The number of nitrogens with one attached hydrogen (secondary N) is 2. The van der Waals surface area contributed by atoms with Crippen molar-refractivity contribution in [2.45, 2.75) is 20.8 Å². The number of benzene rings is 1. The summed E-state index contributed by atoms with van der Waals surface area (Å²) in [6.45, 7) is 8.34. The summed E-state index contributed by atoms with van der Waals surface area (Å²) in [6.07, 6.45) is 0. The van der Waals surface area contributed by atoms with Gasteiger partial charge in [0.1, 0.15) is 5.69 Å². The lowest BCUT2D eigenvalue weighted by molar-refractivity contribution is 0.101. The van der Waals surface area contributed by atoms with Gasteiger partial charge in [-0.2, -0.15) is 0 Å². The van der Waals surface area contributed by atoms with Gasteiger partial charge in [0.25, 0.3) is 0 Å². The van der Waals surface area contributed by atoms with Crippen molar-refractivity contribution in [1.29, 1.82) is 0 Å². The Hall–Kier alpha value is -2.93. The van der Waals surface area contributed by atoms with Crippen LogP contribution in [-0.4, -0.2) is 42.1 Å². The predicted octanol–water partition coefficient (Wildman–Crippen LogP) is 4.22. The molecule has 27 heavy (non-hydrogen) atoms. The third-order valence-electron chi connectivity index (χ3n) is 5.26. The van der Waals surface area contributed by atoms with Gasteiger partial charge >= 0.3 is 0 Å². The van der Waals surface area contributed by atoms with Crippen molar-refractivity contribution >= 4 is 28.1 Å². The fourth-order valence-electron chi connectivity index (χ4n) is 3.99. The number of morpholine rings is 1. The molecule has 0 bridgehead atoms. The minimum absolute atomic E-state index is 0.00109. The van der Waals surface area contributed by atoms with Crippen LogP contribution in [-0.2, 0) is 4.74 Å². The zero-order valence-electron chi connectivity index (χ0n) is 15.7. The quantitative estimate of drug-likeness (QED) is 0.534. The number of aryl methyl sites for hydroxylation is 1. The van der Waals surface area contributed by atoms with Gasteiger partial charge < -0.3 is 19.6 Å². The van der Waals surface area contributed by atoms with Crippen molar-refractivity contribution < 1.29 is 9.53 Å². The normalized spacial score (nSPS) is 14.7. The number of rotatable bonds is 4. The fourth-order valence-corrected chi connectivity index (χ4v) is 3.99. The molecule has 0 radical (unpaired) electrons. The van der Waals surface area contributed by atoms with E-state index in [2.05, 4.69) is 20.0 Å². The first-order valence-corrected chi connectivity index (χ1v) is 9.03. The fraction of sp³-hybridized carbons (Fsp3) is 0.350. The van der Waals surface area contributed by atoms with Gasteiger partial charge in [-0.05, 0) is 49.7 Å². The second-order valence-electron chi connectivity index (χ2n) is 6.95. The summed E-state index contributed by atoms with van der Waals surface area (Å²) in [5.74, 6) is -0.00109. The Morgan fingerprint density at radius 3 is 2.52 bits per heavy atom. The van der Waals surface area contributed by atoms with Crippen LogP contribution in [0.2, 0.25) is 0 Å². The molecule has 3 aromatic rings. The summed E-state index contributed by atoms with van der Waals surface area (Å²) < 4.78 is 5.41. The zero-order chi connectivity index (χ0) is 19.1. The first-order chi connectivity index (χ1) is 13.0. The molecule has 1 aliphatic rings. The molecule has 7 nitrogen and oxygen atoms in total. The molecule has 0 atom stereocenters. The van der Waals surface area contributed by atoms with Gasteiger partial charge in [-0.3, -0.25) is 4.79 Å². The Morgan fingerprint density at radius 2 is 1.89 bits per heavy atom. The number of aromatic nitrogens is 2. The molecule has 1 saturated heterocycles. The molecule has 4 rings (SSSR count). The summed E-state index contributed by atoms with van der Waals surface area (Å²) in [4.78, 5) is 32.4. The zero-order valence-corrected chi connectivity index (χ0v) is 15.7. The molecule has 1 aromatic carbocycles. The largest absolute Gasteiger partial charge is 0.378 e. The van der Waals surface area contributed by atoms with E-state index in [-0.39, 0.29) is 5.78 Å². The molecule has 0 amide bonds. The van der Waals surface area contributed by atoms with E-state index in [1.807, 2.05) is 32.0 Å². The Bertz CT molecular complexity index is 1040. The minimum Gasteiger partial charge on any atom is -0.378 e. The van der Waals surface area contributed by atoms with E-state index in [0.29, 0.717) is 30.2 Å². The van der Waals surface area contributed by atoms with Crippen LogP contribution in [0.3, 0.4) is 0 Å². The highest BCUT2D eigenvalue weighted by Crippen LogP contribution is 2.40. The van der Waals surface area contributed by atoms with Crippen LogP contribution in [0.15, 0.2) is 23.4 Å². The number of carbonyl (C=O) groups excluding carboxylic acids is 1. The second kappa shape index (κ2) is 6.66. The highest BCUT2D eigenvalue weighted by molar-refractivity contribution is 6.03. The Labute approximate surface area is 156 Å². The molecule has 0 spiro atoms. The number of aromatic amines is 2. The van der Waals surface area contributed by atoms with Crippen molar-refractivity contribution in [3.05, 3.63) is 39.9 Å². The summed E-state index contributed by atoms with van der Waals surface area (Å²) in [5, 5.41) is 4.09. The molecule has 140 valence electrons. The minimum atomic E-state index is -0.00109. The molecule has 7 heteroatoms. The van der Waals surface area contributed by atoms with Crippen molar-refractivity contribution in [1.82, 2.24) is 9.97 Å². The molecule has 1 aliphatic heterocycles. The van der Waals surface area contributed by atoms with E-state index in [1.165, 1.54) is 0 Å². The van der Waals surface area contributed by atoms with Crippen LogP contribution in [0.1, 0.15) is 28.5 Å². The molecular formula is C20H22N4O3. The van der Waals surface area contributed by atoms with Gasteiger partial charge in [0.2, 0.25) is 0 Å². The lowest BCUT2D eigenvalue weighted by Crippen LogP contribution is -2.36. The van der Waals surface area contributed by atoms with Crippen molar-refractivity contribution in [2.75, 3.05) is 31.2 Å². The maximum Gasteiger partial charge on any atom is 0.161 e.